The van der Waals surface area contributed by atoms with Crippen molar-refractivity contribution in [1.29, 1.82) is 0 Å². The SMILES string of the molecule is CCC(C)NC(=O)C(Cc1ccccc1)N(Cc1ccc(F)cc1)C(=O)CN(c1ccccc1)S(=O)(=O)N(C)C. The smallest absolute Gasteiger partial charge is 0.304 e. The zero-order chi connectivity index (χ0) is 29.3. The van der Waals surface area contributed by atoms with Crippen molar-refractivity contribution in [2.75, 3.05) is 24.9 Å². The molecule has 8 nitrogen and oxygen atoms in total. The van der Waals surface area contributed by atoms with E-state index >= 15 is 0 Å². The Morgan fingerprint density at radius 3 is 2.00 bits per heavy atom. The molecule has 0 aliphatic rings. The molecule has 2 amide bonds. The van der Waals surface area contributed by atoms with Crippen molar-refractivity contribution in [1.82, 2.24) is 14.5 Å². The molecule has 0 bridgehead atoms. The van der Waals surface area contributed by atoms with Crippen molar-refractivity contribution in [2.24, 2.45) is 0 Å². The third-order valence-electron chi connectivity index (χ3n) is 6.60. The largest absolute Gasteiger partial charge is 0.352 e. The predicted octanol–water partition coefficient (Wildman–Crippen LogP) is 3.99. The molecule has 0 saturated heterocycles. The van der Waals surface area contributed by atoms with Crippen molar-refractivity contribution in [2.45, 2.75) is 45.3 Å². The van der Waals surface area contributed by atoms with Gasteiger partial charge in [0.15, 0.2) is 0 Å². The molecule has 40 heavy (non-hydrogen) atoms. The summed E-state index contributed by atoms with van der Waals surface area (Å²) in [7, 11) is -1.27. The Morgan fingerprint density at radius 2 is 1.45 bits per heavy atom. The van der Waals surface area contributed by atoms with Gasteiger partial charge < -0.3 is 10.2 Å². The summed E-state index contributed by atoms with van der Waals surface area (Å²) in [6, 6.07) is 22.2. The van der Waals surface area contributed by atoms with E-state index in [0.717, 1.165) is 14.2 Å². The molecular weight excluding hydrogens is 531 g/mol. The normalized spacial score (nSPS) is 12.9. The maximum absolute atomic E-state index is 14.1. The summed E-state index contributed by atoms with van der Waals surface area (Å²) in [5.41, 5.74) is 1.75. The lowest BCUT2D eigenvalue weighted by atomic mass is 10.0. The Bertz CT molecular complexity index is 1350. The van der Waals surface area contributed by atoms with Crippen LogP contribution in [0, 0.1) is 5.82 Å². The van der Waals surface area contributed by atoms with Crippen molar-refractivity contribution >= 4 is 27.7 Å². The average Bonchev–Trinajstić information content (AvgIpc) is 2.95. The van der Waals surface area contributed by atoms with Gasteiger partial charge in [0.05, 0.1) is 5.69 Å². The van der Waals surface area contributed by atoms with Gasteiger partial charge >= 0.3 is 10.2 Å². The van der Waals surface area contributed by atoms with E-state index in [2.05, 4.69) is 5.32 Å². The monoisotopic (exact) mass is 568 g/mol. The number of benzene rings is 3. The number of para-hydroxylation sites is 1. The number of carbonyl (C=O) groups excluding carboxylic acids is 2. The average molecular weight is 569 g/mol. The van der Waals surface area contributed by atoms with E-state index in [4.69, 9.17) is 0 Å². The van der Waals surface area contributed by atoms with Crippen LogP contribution in [-0.4, -0.2) is 62.2 Å². The second-order valence-electron chi connectivity index (χ2n) is 9.80. The van der Waals surface area contributed by atoms with Crippen LogP contribution in [0.5, 0.6) is 0 Å². The minimum atomic E-state index is -4.06. The van der Waals surface area contributed by atoms with Crippen LogP contribution in [0.3, 0.4) is 0 Å². The van der Waals surface area contributed by atoms with E-state index in [-0.39, 0.29) is 24.9 Å². The molecule has 0 aliphatic heterocycles. The first-order chi connectivity index (χ1) is 19.0. The predicted molar refractivity (Wildman–Crippen MR) is 155 cm³/mol. The number of rotatable bonds is 13. The minimum absolute atomic E-state index is 0.0187. The number of nitrogens with one attached hydrogen (secondary N) is 1. The van der Waals surface area contributed by atoms with Crippen LogP contribution in [0.4, 0.5) is 10.1 Å². The number of amides is 2. The second-order valence-corrected chi connectivity index (χ2v) is 11.9. The summed E-state index contributed by atoms with van der Waals surface area (Å²) in [6.45, 7) is 3.27. The van der Waals surface area contributed by atoms with Gasteiger partial charge in [-0.3, -0.25) is 9.59 Å². The standard InChI is InChI=1S/C30H37FN4O4S/c1-5-23(2)32-30(37)28(20-24-12-8-6-9-13-24)34(21-25-16-18-26(31)19-17-25)29(36)22-35(40(38,39)33(3)4)27-14-10-7-11-15-27/h6-19,23,28H,5,20-22H2,1-4H3,(H,32,37). The van der Waals surface area contributed by atoms with Gasteiger partial charge in [-0.05, 0) is 48.7 Å². The highest BCUT2D eigenvalue weighted by Crippen LogP contribution is 2.21. The van der Waals surface area contributed by atoms with E-state index in [9.17, 15) is 22.4 Å². The van der Waals surface area contributed by atoms with Crippen molar-refractivity contribution < 1.29 is 22.4 Å². The fourth-order valence-electron chi connectivity index (χ4n) is 4.09. The van der Waals surface area contributed by atoms with Crippen molar-refractivity contribution in [3.05, 3.63) is 102 Å². The minimum Gasteiger partial charge on any atom is -0.352 e. The molecule has 0 fully saturated rings. The Balaban J connectivity index is 2.07. The number of hydrogen-bond donors (Lipinski definition) is 1. The van der Waals surface area contributed by atoms with Gasteiger partial charge in [-0.15, -0.1) is 0 Å². The maximum atomic E-state index is 14.1. The molecule has 3 aromatic rings. The van der Waals surface area contributed by atoms with Gasteiger partial charge in [0.2, 0.25) is 11.8 Å². The van der Waals surface area contributed by atoms with Crippen LogP contribution in [0.25, 0.3) is 0 Å². The maximum Gasteiger partial charge on any atom is 0.304 e. The summed E-state index contributed by atoms with van der Waals surface area (Å²) in [5.74, 6) is -1.35. The quantitative estimate of drug-likeness (QED) is 0.338. The topological polar surface area (TPSA) is 90.0 Å². The van der Waals surface area contributed by atoms with E-state index < -0.39 is 34.5 Å². The summed E-state index contributed by atoms with van der Waals surface area (Å²) in [4.78, 5) is 29.2. The highest BCUT2D eigenvalue weighted by atomic mass is 32.2. The van der Waals surface area contributed by atoms with Crippen molar-refractivity contribution in [3.8, 4) is 0 Å². The number of anilines is 1. The fourth-order valence-corrected chi connectivity index (χ4v) is 5.15. The Kier molecular flexibility index (Phi) is 10.8. The summed E-state index contributed by atoms with van der Waals surface area (Å²) >= 11 is 0. The Hall–Kier alpha value is -3.76. The fraction of sp³-hybridized carbons (Fsp3) is 0.333. The lowest BCUT2D eigenvalue weighted by Crippen LogP contribution is -2.55. The number of hydrogen-bond acceptors (Lipinski definition) is 4. The van der Waals surface area contributed by atoms with E-state index in [0.29, 0.717) is 17.7 Å². The Labute approximate surface area is 236 Å². The summed E-state index contributed by atoms with van der Waals surface area (Å²) in [5, 5.41) is 2.98. The molecule has 0 saturated carbocycles. The molecule has 2 atom stereocenters. The van der Waals surface area contributed by atoms with E-state index in [1.807, 2.05) is 44.2 Å². The van der Waals surface area contributed by atoms with Crippen molar-refractivity contribution in [3.63, 3.8) is 0 Å². The molecule has 0 aromatic heterocycles. The number of carbonyl (C=O) groups is 2. The van der Waals surface area contributed by atoms with Gasteiger partial charge in [-0.1, -0.05) is 67.6 Å². The van der Waals surface area contributed by atoms with Gasteiger partial charge in [-0.25, -0.2) is 8.70 Å². The molecule has 2 unspecified atom stereocenters. The molecule has 3 rings (SSSR count). The Morgan fingerprint density at radius 1 is 0.875 bits per heavy atom. The third-order valence-corrected chi connectivity index (χ3v) is 8.42. The highest BCUT2D eigenvalue weighted by Gasteiger charge is 2.35. The van der Waals surface area contributed by atoms with Crippen LogP contribution < -0.4 is 9.62 Å². The molecule has 1 N–H and O–H groups in total. The molecular formula is C30H37FN4O4S. The molecule has 0 spiro atoms. The summed E-state index contributed by atoms with van der Waals surface area (Å²) < 4.78 is 42.4. The van der Waals surface area contributed by atoms with Crippen LogP contribution in [0.15, 0.2) is 84.9 Å². The highest BCUT2D eigenvalue weighted by molar-refractivity contribution is 7.90. The third kappa shape index (κ3) is 8.12. The number of halogens is 1. The van der Waals surface area contributed by atoms with E-state index in [1.54, 1.807) is 42.5 Å². The lowest BCUT2D eigenvalue weighted by Gasteiger charge is -2.34. The molecule has 0 heterocycles. The second kappa shape index (κ2) is 14.0. The van der Waals surface area contributed by atoms with Gasteiger partial charge in [0.25, 0.3) is 0 Å². The summed E-state index contributed by atoms with van der Waals surface area (Å²) in [6.07, 6.45) is 0.903. The van der Waals surface area contributed by atoms with Crippen LogP contribution in [0.2, 0.25) is 0 Å². The first-order valence-corrected chi connectivity index (χ1v) is 14.6. The first kappa shape index (κ1) is 30.8. The number of nitrogens with zero attached hydrogens (tertiary/aromatic N) is 3. The first-order valence-electron chi connectivity index (χ1n) is 13.2. The molecule has 3 aromatic carbocycles. The van der Waals surface area contributed by atoms with Gasteiger partial charge in [0, 0.05) is 33.1 Å². The molecule has 214 valence electrons. The van der Waals surface area contributed by atoms with E-state index in [1.165, 1.54) is 31.1 Å². The van der Waals surface area contributed by atoms with Crippen LogP contribution >= 0.6 is 0 Å². The molecule has 10 heteroatoms. The molecule has 0 radical (unpaired) electrons. The van der Waals surface area contributed by atoms with Gasteiger partial charge in [0.1, 0.15) is 18.4 Å². The van der Waals surface area contributed by atoms with Gasteiger partial charge in [-0.2, -0.15) is 12.7 Å². The zero-order valence-corrected chi connectivity index (χ0v) is 24.1. The van der Waals surface area contributed by atoms with Crippen LogP contribution in [-0.2, 0) is 32.8 Å². The lowest BCUT2D eigenvalue weighted by molar-refractivity contribution is -0.140. The van der Waals surface area contributed by atoms with Crippen LogP contribution in [0.1, 0.15) is 31.4 Å². The zero-order valence-electron chi connectivity index (χ0n) is 23.3. The molecule has 0 aliphatic carbocycles.